The van der Waals surface area contributed by atoms with E-state index in [0.29, 0.717) is 0 Å². The monoisotopic (exact) mass is 260 g/mol. The number of aliphatic hydroxyl groups excluding tert-OH is 2. The number of aliphatic hydroxyl groups is 2. The topological polar surface area (TPSA) is 65.3 Å². The summed E-state index contributed by atoms with van der Waals surface area (Å²) in [6.45, 7) is 2.04. The van der Waals surface area contributed by atoms with Gasteiger partial charge in [-0.25, -0.2) is 0 Å². The predicted molar refractivity (Wildman–Crippen MR) is 68.1 cm³/mol. The van der Waals surface area contributed by atoms with E-state index in [4.69, 9.17) is 4.74 Å². The Bertz CT molecular complexity index is 311. The Morgan fingerprint density at radius 3 is 2.65 bits per heavy atom. The largest absolute Gasteiger partial charge is 0.388 e. The van der Waals surface area contributed by atoms with Crippen LogP contribution in [0.3, 0.4) is 0 Å². The molecule has 5 atom stereocenters. The third-order valence-electron chi connectivity index (χ3n) is 3.11. The zero-order valence-corrected chi connectivity index (χ0v) is 11.2. The molecule has 17 heavy (non-hydrogen) atoms. The summed E-state index contributed by atoms with van der Waals surface area (Å²) >= 11 is 1.52. The van der Waals surface area contributed by atoms with Crippen molar-refractivity contribution in [2.24, 2.45) is 4.99 Å². The number of amidine groups is 1. The van der Waals surface area contributed by atoms with Gasteiger partial charge >= 0.3 is 0 Å². The highest BCUT2D eigenvalue weighted by Gasteiger charge is 2.47. The standard InChI is InChI=1S/C11H20N2O3S/c1-4-5-6-8(14)9(15)7-10(16-6)17-11(12-7)13(2)3/h6-10,14-15H,4-5H2,1-3H3/t6-,7-,8-,9-,10-/m1/s1. The van der Waals surface area contributed by atoms with Gasteiger partial charge in [-0.15, -0.1) is 0 Å². The summed E-state index contributed by atoms with van der Waals surface area (Å²) in [6, 6.07) is -0.347. The predicted octanol–water partition coefficient (Wildman–Crippen LogP) is 0.266. The minimum Gasteiger partial charge on any atom is -0.388 e. The molecule has 2 rings (SSSR count). The molecule has 0 unspecified atom stereocenters. The molecule has 0 aromatic heterocycles. The molecule has 2 N–H and O–H groups in total. The number of fused-ring (bicyclic) bond motifs is 1. The van der Waals surface area contributed by atoms with E-state index in [2.05, 4.69) is 4.99 Å². The third-order valence-corrected chi connectivity index (χ3v) is 4.41. The SMILES string of the molecule is CCC[C@H]1O[C@@H]2SC(N(C)C)=N[C@@H]2[C@@H](O)[C@@H]1O. The number of ether oxygens (including phenoxy) is 1. The second-order valence-corrected chi connectivity index (χ2v) is 5.79. The molecule has 0 saturated carbocycles. The van der Waals surface area contributed by atoms with Crippen molar-refractivity contribution in [3.8, 4) is 0 Å². The molecule has 0 aromatic carbocycles. The molecule has 5 nitrogen and oxygen atoms in total. The van der Waals surface area contributed by atoms with Crippen LogP contribution in [0.2, 0.25) is 0 Å². The van der Waals surface area contributed by atoms with E-state index < -0.39 is 12.2 Å². The molecule has 2 aliphatic heterocycles. The first-order chi connectivity index (χ1) is 8.04. The van der Waals surface area contributed by atoms with Crippen molar-refractivity contribution in [1.29, 1.82) is 0 Å². The van der Waals surface area contributed by atoms with Crippen molar-refractivity contribution in [2.75, 3.05) is 14.1 Å². The fraction of sp³-hybridized carbons (Fsp3) is 0.909. The molecular weight excluding hydrogens is 240 g/mol. The van der Waals surface area contributed by atoms with Gasteiger partial charge in [-0.05, 0) is 6.42 Å². The summed E-state index contributed by atoms with van der Waals surface area (Å²) in [5, 5.41) is 20.9. The number of aliphatic imine (C=N–C) groups is 1. The van der Waals surface area contributed by atoms with Crippen molar-refractivity contribution in [3.05, 3.63) is 0 Å². The molecular formula is C11H20N2O3S. The van der Waals surface area contributed by atoms with Gasteiger partial charge < -0.3 is 19.8 Å². The van der Waals surface area contributed by atoms with Crippen LogP contribution in [-0.4, -0.2) is 64.2 Å². The van der Waals surface area contributed by atoms with Crippen LogP contribution < -0.4 is 0 Å². The Morgan fingerprint density at radius 2 is 2.06 bits per heavy atom. The third kappa shape index (κ3) is 2.45. The lowest BCUT2D eigenvalue weighted by Gasteiger charge is -2.38. The maximum Gasteiger partial charge on any atom is 0.161 e. The Labute approximate surface area is 106 Å². The smallest absolute Gasteiger partial charge is 0.161 e. The van der Waals surface area contributed by atoms with Gasteiger partial charge in [-0.1, -0.05) is 25.1 Å². The zero-order valence-electron chi connectivity index (χ0n) is 10.4. The number of rotatable bonds is 2. The van der Waals surface area contributed by atoms with Crippen molar-refractivity contribution >= 4 is 16.9 Å². The minimum absolute atomic E-state index is 0.164. The number of hydrogen-bond acceptors (Lipinski definition) is 6. The van der Waals surface area contributed by atoms with Crippen molar-refractivity contribution in [1.82, 2.24) is 4.90 Å². The fourth-order valence-corrected chi connectivity index (χ4v) is 3.32. The van der Waals surface area contributed by atoms with E-state index in [9.17, 15) is 10.2 Å². The van der Waals surface area contributed by atoms with E-state index in [1.807, 2.05) is 25.9 Å². The van der Waals surface area contributed by atoms with Gasteiger partial charge in [0.05, 0.1) is 6.10 Å². The summed E-state index contributed by atoms with van der Waals surface area (Å²) in [5.41, 5.74) is -0.164. The molecule has 98 valence electrons. The minimum atomic E-state index is -0.831. The first-order valence-electron chi connectivity index (χ1n) is 5.98. The average Bonchev–Trinajstić information content (AvgIpc) is 2.70. The fourth-order valence-electron chi connectivity index (χ4n) is 2.16. The maximum atomic E-state index is 10.1. The van der Waals surface area contributed by atoms with Crippen LogP contribution >= 0.6 is 11.8 Å². The van der Waals surface area contributed by atoms with E-state index in [0.717, 1.165) is 18.0 Å². The van der Waals surface area contributed by atoms with Gasteiger partial charge in [-0.3, -0.25) is 4.99 Å². The van der Waals surface area contributed by atoms with Crippen molar-refractivity contribution < 1.29 is 14.9 Å². The van der Waals surface area contributed by atoms with E-state index in [1.165, 1.54) is 11.8 Å². The Morgan fingerprint density at radius 1 is 1.35 bits per heavy atom. The van der Waals surface area contributed by atoms with Crippen LogP contribution in [0.5, 0.6) is 0 Å². The first-order valence-corrected chi connectivity index (χ1v) is 6.86. The van der Waals surface area contributed by atoms with Crippen LogP contribution in [-0.2, 0) is 4.74 Å². The maximum absolute atomic E-state index is 10.1. The molecule has 2 heterocycles. The number of nitrogens with zero attached hydrogens (tertiary/aromatic N) is 2. The molecule has 0 aliphatic carbocycles. The van der Waals surface area contributed by atoms with E-state index in [-0.39, 0.29) is 17.6 Å². The highest BCUT2D eigenvalue weighted by molar-refractivity contribution is 8.14. The zero-order chi connectivity index (χ0) is 12.6. The molecule has 6 heteroatoms. The molecule has 0 spiro atoms. The van der Waals surface area contributed by atoms with Gasteiger partial charge in [0.2, 0.25) is 0 Å². The summed E-state index contributed by atoms with van der Waals surface area (Å²) in [5.74, 6) is 0. The van der Waals surface area contributed by atoms with Crippen LogP contribution in [0.4, 0.5) is 0 Å². The Balaban J connectivity index is 2.10. The highest BCUT2D eigenvalue weighted by Crippen LogP contribution is 2.37. The van der Waals surface area contributed by atoms with Gasteiger partial charge in [-0.2, -0.15) is 0 Å². The molecule has 0 radical (unpaired) electrons. The molecule has 0 bridgehead atoms. The average molecular weight is 260 g/mol. The van der Waals surface area contributed by atoms with E-state index in [1.54, 1.807) is 0 Å². The summed E-state index contributed by atoms with van der Waals surface area (Å²) in [6.07, 6.45) is -0.241. The molecule has 0 amide bonds. The van der Waals surface area contributed by atoms with Crippen LogP contribution in [0.1, 0.15) is 19.8 Å². The number of hydrogen-bond donors (Lipinski definition) is 2. The Hall–Kier alpha value is -0.300. The number of thioether (sulfide) groups is 1. The van der Waals surface area contributed by atoms with Crippen molar-refractivity contribution in [3.63, 3.8) is 0 Å². The first kappa shape index (κ1) is 13.1. The lowest BCUT2D eigenvalue weighted by molar-refractivity contribution is -0.154. The molecule has 0 aromatic rings. The summed E-state index contributed by atoms with van der Waals surface area (Å²) in [4.78, 5) is 6.31. The summed E-state index contributed by atoms with van der Waals surface area (Å²) in [7, 11) is 3.82. The van der Waals surface area contributed by atoms with Gasteiger partial charge in [0.25, 0.3) is 0 Å². The van der Waals surface area contributed by atoms with Gasteiger partial charge in [0, 0.05) is 14.1 Å². The van der Waals surface area contributed by atoms with Gasteiger partial charge in [0.15, 0.2) is 5.17 Å². The summed E-state index contributed by atoms with van der Waals surface area (Å²) < 4.78 is 5.83. The molecule has 2 aliphatic rings. The lowest BCUT2D eigenvalue weighted by Crippen LogP contribution is -2.54. The molecule has 1 fully saturated rings. The van der Waals surface area contributed by atoms with Crippen LogP contribution in [0, 0.1) is 0 Å². The van der Waals surface area contributed by atoms with Crippen LogP contribution in [0.15, 0.2) is 4.99 Å². The Kier molecular flexibility index (Phi) is 3.97. The second kappa shape index (κ2) is 5.14. The van der Waals surface area contributed by atoms with Gasteiger partial charge in [0.1, 0.15) is 23.7 Å². The lowest BCUT2D eigenvalue weighted by atomic mass is 9.96. The quantitative estimate of drug-likeness (QED) is 0.746. The second-order valence-electron chi connectivity index (χ2n) is 4.73. The highest BCUT2D eigenvalue weighted by atomic mass is 32.2. The normalized spacial score (nSPS) is 41.0. The molecule has 1 saturated heterocycles. The van der Waals surface area contributed by atoms with Crippen molar-refractivity contribution in [2.45, 2.75) is 49.6 Å². The van der Waals surface area contributed by atoms with Crippen LogP contribution in [0.25, 0.3) is 0 Å². The van der Waals surface area contributed by atoms with E-state index >= 15 is 0 Å².